The Morgan fingerprint density at radius 3 is 2.32 bits per heavy atom. The number of carbonyl (C=O) groups excluding carboxylic acids is 4. The minimum atomic E-state index is -0.382. The summed E-state index contributed by atoms with van der Waals surface area (Å²) in [6.45, 7) is 7.86. The van der Waals surface area contributed by atoms with E-state index >= 15 is 0 Å². The second-order valence-corrected chi connectivity index (χ2v) is 15.7. The summed E-state index contributed by atoms with van der Waals surface area (Å²) >= 11 is 0. The molecule has 0 spiro atoms. The molecule has 5 heterocycles. The predicted octanol–water partition coefficient (Wildman–Crippen LogP) is 3.84. The molecule has 2 aliphatic rings. The molecule has 0 atom stereocenters. The van der Waals surface area contributed by atoms with Gasteiger partial charge in [0.15, 0.2) is 11.6 Å². The van der Waals surface area contributed by atoms with Crippen LogP contribution in [0.2, 0.25) is 0 Å². The number of amides is 3. The molecule has 2 fully saturated rings. The van der Waals surface area contributed by atoms with Gasteiger partial charge in [-0.05, 0) is 56.5 Å². The smallest absolute Gasteiger partial charge is 0.263 e. The first-order chi connectivity index (χ1) is 30.5. The number of imidazole rings is 1. The fourth-order valence-corrected chi connectivity index (χ4v) is 7.91. The number of pyridine rings is 2. The number of anilines is 5. The molecule has 1 aliphatic heterocycles. The van der Waals surface area contributed by atoms with Crippen molar-refractivity contribution in [3.05, 3.63) is 88.4 Å². The number of ketones is 1. The molecular formula is C44H54N12O7. The van der Waals surface area contributed by atoms with Gasteiger partial charge in [-0.15, -0.1) is 0 Å². The molecule has 4 aromatic heterocycles. The van der Waals surface area contributed by atoms with E-state index in [2.05, 4.69) is 46.0 Å². The van der Waals surface area contributed by atoms with E-state index in [9.17, 15) is 24.0 Å². The SMILES string of the molecule is CC(=O)c1c(C)c2cnc(Nc3ccc(N4CCN(CC(=O)NCCOCCOCCC(=O)Nc5ccccc5C(=O)Nc5cn(C)cn5)CC4)cn3)nc2n(C2CCCC2)c1=O. The molecular weight excluding hydrogens is 809 g/mol. The van der Waals surface area contributed by atoms with E-state index in [0.717, 1.165) is 44.5 Å². The molecule has 1 saturated heterocycles. The summed E-state index contributed by atoms with van der Waals surface area (Å²) in [4.78, 5) is 86.2. The Morgan fingerprint density at radius 1 is 0.841 bits per heavy atom. The van der Waals surface area contributed by atoms with E-state index in [1.807, 2.05) is 12.1 Å². The zero-order valence-corrected chi connectivity index (χ0v) is 35.9. The van der Waals surface area contributed by atoms with E-state index in [1.165, 1.54) is 6.92 Å². The Hall–Kier alpha value is -6.57. The minimum absolute atomic E-state index is 0.00660. The number of hydrogen-bond donors (Lipinski definition) is 4. The van der Waals surface area contributed by atoms with Crippen molar-refractivity contribution in [3.8, 4) is 0 Å². The van der Waals surface area contributed by atoms with Crippen molar-refractivity contribution in [2.75, 3.05) is 86.5 Å². The summed E-state index contributed by atoms with van der Waals surface area (Å²) < 4.78 is 14.5. The summed E-state index contributed by atoms with van der Waals surface area (Å²) in [7, 11) is 1.80. The van der Waals surface area contributed by atoms with Gasteiger partial charge >= 0.3 is 0 Å². The molecule has 63 heavy (non-hydrogen) atoms. The van der Waals surface area contributed by atoms with Crippen LogP contribution in [0.15, 0.2) is 66.1 Å². The number of rotatable bonds is 19. The number of nitrogens with zero attached hydrogens (tertiary/aromatic N) is 8. The van der Waals surface area contributed by atoms with Gasteiger partial charge in [-0.2, -0.15) is 4.98 Å². The van der Waals surface area contributed by atoms with E-state index < -0.39 is 0 Å². The maximum Gasteiger partial charge on any atom is 0.263 e. The van der Waals surface area contributed by atoms with Crippen LogP contribution >= 0.6 is 0 Å². The molecule has 19 heteroatoms. The van der Waals surface area contributed by atoms with Gasteiger partial charge in [0.25, 0.3) is 11.5 Å². The van der Waals surface area contributed by atoms with E-state index in [-0.39, 0.29) is 66.8 Å². The lowest BCUT2D eigenvalue weighted by Gasteiger charge is -2.35. The molecule has 1 saturated carbocycles. The standard InChI is InChI=1S/C44H54N12O7/c1-29-34-25-47-44(52-41(34)56(31-8-4-5-9-31)43(61)40(29)30(2)57)51-36-13-12-32(24-46-36)55-18-16-54(17-19-55)27-39(59)45-15-21-63-23-22-62-20-14-38(58)49-35-11-7-6-10-33(35)42(60)50-37-26-53(3)28-48-37/h6-7,10-13,24-26,28,31H,4-5,8-9,14-23,27H2,1-3H3,(H,45,59)(H,49,58)(H,50,60)(H,46,47,51,52). The quantitative estimate of drug-likeness (QED) is 0.0685. The second-order valence-electron chi connectivity index (χ2n) is 15.7. The molecule has 4 N–H and O–H groups in total. The molecule has 1 aliphatic carbocycles. The third-order valence-corrected chi connectivity index (χ3v) is 11.1. The van der Waals surface area contributed by atoms with Gasteiger partial charge in [-0.25, -0.2) is 15.0 Å². The Bertz CT molecular complexity index is 2470. The van der Waals surface area contributed by atoms with Gasteiger partial charge in [0.1, 0.15) is 11.5 Å². The fourth-order valence-electron chi connectivity index (χ4n) is 7.91. The van der Waals surface area contributed by atoms with Crippen LogP contribution in [0, 0.1) is 6.92 Å². The average Bonchev–Trinajstić information content (AvgIpc) is 3.95. The molecule has 5 aromatic rings. The molecule has 332 valence electrons. The van der Waals surface area contributed by atoms with Crippen LogP contribution < -0.4 is 31.7 Å². The van der Waals surface area contributed by atoms with Gasteiger partial charge in [0.05, 0.1) is 74.4 Å². The van der Waals surface area contributed by atoms with E-state index in [0.29, 0.717) is 78.3 Å². The molecule has 0 bridgehead atoms. The highest BCUT2D eigenvalue weighted by Gasteiger charge is 2.26. The molecule has 0 unspecified atom stereocenters. The number of carbonyl (C=O) groups is 4. The van der Waals surface area contributed by atoms with Crippen LogP contribution in [0.5, 0.6) is 0 Å². The minimum Gasteiger partial charge on any atom is -0.379 e. The van der Waals surface area contributed by atoms with Gasteiger partial charge in [0.2, 0.25) is 17.8 Å². The normalized spacial score (nSPS) is 14.5. The molecule has 3 amide bonds. The number of para-hydroxylation sites is 1. The van der Waals surface area contributed by atoms with Crippen LogP contribution in [-0.4, -0.2) is 123 Å². The van der Waals surface area contributed by atoms with Crippen molar-refractivity contribution < 1.29 is 28.7 Å². The highest BCUT2D eigenvalue weighted by molar-refractivity contribution is 6.09. The Morgan fingerprint density at radius 2 is 1.60 bits per heavy atom. The fraction of sp³-hybridized carbons (Fsp3) is 0.432. The average molecular weight is 863 g/mol. The molecule has 1 aromatic carbocycles. The number of Topliss-reactive ketones (excluding diaryl/α,β-unsaturated/α-hetero) is 1. The van der Waals surface area contributed by atoms with E-state index in [4.69, 9.17) is 14.5 Å². The first-order valence-electron chi connectivity index (χ1n) is 21.3. The van der Waals surface area contributed by atoms with Gasteiger partial charge in [-0.1, -0.05) is 25.0 Å². The number of piperazine rings is 1. The summed E-state index contributed by atoms with van der Waals surface area (Å²) in [6.07, 6.45) is 10.6. The number of nitrogens with one attached hydrogen (secondary N) is 4. The zero-order chi connectivity index (χ0) is 44.3. The topological polar surface area (TPSA) is 220 Å². The summed E-state index contributed by atoms with van der Waals surface area (Å²) in [5, 5.41) is 12.3. The summed E-state index contributed by atoms with van der Waals surface area (Å²) in [5.74, 6) is 0.281. The number of aryl methyl sites for hydroxylation is 2. The van der Waals surface area contributed by atoms with Gasteiger partial charge in [-0.3, -0.25) is 33.4 Å². The van der Waals surface area contributed by atoms with Gasteiger partial charge in [0, 0.05) is 63.6 Å². The molecule has 19 nitrogen and oxygen atoms in total. The third-order valence-electron chi connectivity index (χ3n) is 11.1. The van der Waals surface area contributed by atoms with Crippen LogP contribution in [0.3, 0.4) is 0 Å². The van der Waals surface area contributed by atoms with Crippen molar-refractivity contribution >= 4 is 63.5 Å². The lowest BCUT2D eigenvalue weighted by molar-refractivity contribution is -0.122. The number of hydrogen-bond acceptors (Lipinski definition) is 14. The van der Waals surface area contributed by atoms with Crippen molar-refractivity contribution in [2.45, 2.75) is 52.0 Å². The largest absolute Gasteiger partial charge is 0.379 e. The first kappa shape index (κ1) is 44.5. The highest BCUT2D eigenvalue weighted by atomic mass is 16.5. The summed E-state index contributed by atoms with van der Waals surface area (Å²) in [5.41, 5.74) is 2.70. The van der Waals surface area contributed by atoms with Crippen LogP contribution in [0.4, 0.5) is 29.0 Å². The monoisotopic (exact) mass is 862 g/mol. The maximum absolute atomic E-state index is 13.5. The Balaban J connectivity index is 0.765. The number of ether oxygens (including phenoxy) is 2. The molecule has 0 radical (unpaired) electrons. The zero-order valence-electron chi connectivity index (χ0n) is 35.9. The van der Waals surface area contributed by atoms with Crippen molar-refractivity contribution in [3.63, 3.8) is 0 Å². The van der Waals surface area contributed by atoms with Crippen molar-refractivity contribution in [2.24, 2.45) is 7.05 Å². The van der Waals surface area contributed by atoms with Crippen LogP contribution in [-0.2, 0) is 26.1 Å². The van der Waals surface area contributed by atoms with Crippen molar-refractivity contribution in [1.82, 2.24) is 39.3 Å². The number of benzene rings is 1. The third kappa shape index (κ3) is 11.5. The lowest BCUT2D eigenvalue weighted by atomic mass is 10.0. The predicted molar refractivity (Wildman–Crippen MR) is 238 cm³/mol. The lowest BCUT2D eigenvalue weighted by Crippen LogP contribution is -2.49. The number of fused-ring (bicyclic) bond motifs is 1. The first-order valence-corrected chi connectivity index (χ1v) is 21.3. The highest BCUT2D eigenvalue weighted by Crippen LogP contribution is 2.32. The molecule has 7 rings (SSSR count). The van der Waals surface area contributed by atoms with E-state index in [1.54, 1.807) is 72.3 Å². The maximum atomic E-state index is 13.5. The van der Waals surface area contributed by atoms with Crippen LogP contribution in [0.1, 0.15) is 71.3 Å². The Labute approximate surface area is 364 Å². The van der Waals surface area contributed by atoms with Gasteiger partial charge < -0.3 is 40.2 Å². The van der Waals surface area contributed by atoms with Crippen LogP contribution in [0.25, 0.3) is 11.0 Å². The Kier molecular flexibility index (Phi) is 14.8. The second kappa shape index (κ2) is 21.0. The number of aromatic nitrogens is 6. The van der Waals surface area contributed by atoms with Crippen molar-refractivity contribution in [1.29, 1.82) is 0 Å². The summed E-state index contributed by atoms with van der Waals surface area (Å²) in [6, 6.07) is 10.6.